The van der Waals surface area contributed by atoms with Gasteiger partial charge in [0.05, 0.1) is 4.88 Å². The van der Waals surface area contributed by atoms with E-state index in [0.717, 1.165) is 4.88 Å². The summed E-state index contributed by atoms with van der Waals surface area (Å²) in [6.45, 7) is 0.278. The number of nitrogens with two attached hydrogens (primary N) is 1. The van der Waals surface area contributed by atoms with Gasteiger partial charge in [0.2, 0.25) is 0 Å². The molecule has 0 atom stereocenters. The first-order valence-corrected chi connectivity index (χ1v) is 5.40. The number of halogens is 1. The molecule has 0 bridgehead atoms. The number of para-hydroxylation sites is 1. The summed E-state index contributed by atoms with van der Waals surface area (Å²) in [5, 5.41) is 0.604. The largest absolute Gasteiger partial charge is 0.485 e. The summed E-state index contributed by atoms with van der Waals surface area (Å²) < 4.78 is 18.5. The summed E-state index contributed by atoms with van der Waals surface area (Å²) in [6, 6.07) is 6.27. The number of aromatic nitrogens is 1. The Balaban J connectivity index is 1.99. The lowest BCUT2D eigenvalue weighted by molar-refractivity contribution is 0.293. The van der Waals surface area contributed by atoms with Crippen LogP contribution in [0.15, 0.2) is 30.5 Å². The smallest absolute Gasteiger partial charge is 0.197 e. The molecule has 0 unspecified atom stereocenters. The molecule has 0 saturated heterocycles. The summed E-state index contributed by atoms with van der Waals surface area (Å²) in [7, 11) is 0. The molecule has 84 valence electrons. The molecule has 0 aliphatic heterocycles. The molecule has 2 aromatic rings. The number of thiazole rings is 1. The lowest BCUT2D eigenvalue weighted by Gasteiger charge is -2.04. The van der Waals surface area contributed by atoms with E-state index in [2.05, 4.69) is 10.4 Å². The quantitative estimate of drug-likeness (QED) is 0.634. The van der Waals surface area contributed by atoms with Crippen molar-refractivity contribution in [1.29, 1.82) is 0 Å². The second-order valence-corrected chi connectivity index (χ2v) is 4.11. The highest BCUT2D eigenvalue weighted by molar-refractivity contribution is 7.15. The highest BCUT2D eigenvalue weighted by atomic mass is 32.1. The van der Waals surface area contributed by atoms with Gasteiger partial charge >= 0.3 is 0 Å². The van der Waals surface area contributed by atoms with Crippen LogP contribution in [0.1, 0.15) is 4.88 Å². The molecule has 0 radical (unpaired) electrons. The van der Waals surface area contributed by atoms with Crippen LogP contribution in [0.5, 0.6) is 5.75 Å². The standard InChI is InChI=1S/C10H10FN3OS/c11-8-3-1-2-4-9(8)15-6-7-5-13-10(14-12)16-7/h1-5H,6,12H2,(H,13,14). The minimum atomic E-state index is -0.371. The summed E-state index contributed by atoms with van der Waals surface area (Å²) in [4.78, 5) is 4.85. The van der Waals surface area contributed by atoms with Crippen molar-refractivity contribution in [2.24, 2.45) is 5.84 Å². The second-order valence-electron chi connectivity index (χ2n) is 3.00. The van der Waals surface area contributed by atoms with Crippen LogP contribution in [0.3, 0.4) is 0 Å². The first kappa shape index (κ1) is 10.8. The fourth-order valence-electron chi connectivity index (χ4n) is 1.15. The topological polar surface area (TPSA) is 60.2 Å². The third-order valence-electron chi connectivity index (χ3n) is 1.88. The molecule has 1 heterocycles. The van der Waals surface area contributed by atoms with Gasteiger partial charge in [-0.1, -0.05) is 23.5 Å². The van der Waals surface area contributed by atoms with Gasteiger partial charge < -0.3 is 4.74 Å². The van der Waals surface area contributed by atoms with E-state index >= 15 is 0 Å². The number of nitrogen functional groups attached to an aromatic ring is 1. The molecular weight excluding hydrogens is 229 g/mol. The van der Waals surface area contributed by atoms with Gasteiger partial charge in [-0.2, -0.15) is 0 Å². The van der Waals surface area contributed by atoms with Crippen molar-refractivity contribution in [3.8, 4) is 5.75 Å². The zero-order valence-corrected chi connectivity index (χ0v) is 9.13. The van der Waals surface area contributed by atoms with Crippen LogP contribution in [0, 0.1) is 5.82 Å². The Morgan fingerprint density at radius 3 is 2.94 bits per heavy atom. The predicted molar refractivity (Wildman–Crippen MR) is 60.7 cm³/mol. The second kappa shape index (κ2) is 4.91. The van der Waals surface area contributed by atoms with Crippen molar-refractivity contribution >= 4 is 16.5 Å². The van der Waals surface area contributed by atoms with Gasteiger partial charge in [0.15, 0.2) is 16.7 Å². The summed E-state index contributed by atoms with van der Waals surface area (Å²) in [5.74, 6) is 5.05. The number of ether oxygens (including phenoxy) is 1. The van der Waals surface area contributed by atoms with Crippen molar-refractivity contribution in [1.82, 2.24) is 4.98 Å². The molecule has 0 saturated carbocycles. The number of hydrogen-bond acceptors (Lipinski definition) is 5. The fraction of sp³-hybridized carbons (Fsp3) is 0.100. The molecular formula is C10H10FN3OS. The Kier molecular flexibility index (Phi) is 3.33. The van der Waals surface area contributed by atoms with E-state index in [1.165, 1.54) is 17.4 Å². The monoisotopic (exact) mass is 239 g/mol. The van der Waals surface area contributed by atoms with Gasteiger partial charge in [0.25, 0.3) is 0 Å². The molecule has 3 N–H and O–H groups in total. The normalized spacial score (nSPS) is 10.1. The average Bonchev–Trinajstić information content (AvgIpc) is 2.76. The first-order valence-electron chi connectivity index (χ1n) is 4.58. The van der Waals surface area contributed by atoms with Gasteiger partial charge in [-0.3, -0.25) is 5.43 Å². The molecule has 16 heavy (non-hydrogen) atoms. The van der Waals surface area contributed by atoms with Crippen LogP contribution in [-0.2, 0) is 6.61 Å². The van der Waals surface area contributed by atoms with Crippen LogP contribution in [0.4, 0.5) is 9.52 Å². The average molecular weight is 239 g/mol. The van der Waals surface area contributed by atoms with Crippen molar-refractivity contribution in [2.75, 3.05) is 5.43 Å². The van der Waals surface area contributed by atoms with E-state index in [-0.39, 0.29) is 18.2 Å². The number of rotatable bonds is 4. The minimum absolute atomic E-state index is 0.234. The fourth-order valence-corrected chi connectivity index (χ4v) is 1.79. The van der Waals surface area contributed by atoms with E-state index in [1.807, 2.05) is 0 Å². The molecule has 0 fully saturated rings. The first-order chi connectivity index (χ1) is 7.79. The van der Waals surface area contributed by atoms with E-state index < -0.39 is 0 Å². The summed E-state index contributed by atoms with van der Waals surface area (Å²) >= 11 is 1.36. The van der Waals surface area contributed by atoms with Crippen LogP contribution in [0.25, 0.3) is 0 Å². The molecule has 4 nitrogen and oxygen atoms in total. The van der Waals surface area contributed by atoms with E-state index in [9.17, 15) is 4.39 Å². The third-order valence-corrected chi connectivity index (χ3v) is 2.79. The van der Waals surface area contributed by atoms with Crippen LogP contribution in [-0.4, -0.2) is 4.98 Å². The number of nitrogens with zero attached hydrogens (tertiary/aromatic N) is 1. The zero-order chi connectivity index (χ0) is 11.4. The minimum Gasteiger partial charge on any atom is -0.485 e. The molecule has 6 heteroatoms. The molecule has 0 aliphatic carbocycles. The molecule has 0 amide bonds. The maximum Gasteiger partial charge on any atom is 0.197 e. The zero-order valence-electron chi connectivity index (χ0n) is 8.31. The van der Waals surface area contributed by atoms with Gasteiger partial charge in [-0.05, 0) is 12.1 Å². The summed E-state index contributed by atoms with van der Waals surface area (Å²) in [5.41, 5.74) is 2.43. The van der Waals surface area contributed by atoms with E-state index in [1.54, 1.807) is 24.4 Å². The van der Waals surface area contributed by atoms with Crippen LogP contribution >= 0.6 is 11.3 Å². The van der Waals surface area contributed by atoms with Crippen molar-refractivity contribution < 1.29 is 9.13 Å². The van der Waals surface area contributed by atoms with Crippen molar-refractivity contribution in [2.45, 2.75) is 6.61 Å². The number of nitrogens with one attached hydrogen (secondary N) is 1. The number of benzene rings is 1. The number of hydrogen-bond donors (Lipinski definition) is 2. The molecule has 0 aliphatic rings. The maximum atomic E-state index is 13.2. The SMILES string of the molecule is NNc1ncc(COc2ccccc2F)s1. The lowest BCUT2D eigenvalue weighted by Crippen LogP contribution is -2.05. The highest BCUT2D eigenvalue weighted by Crippen LogP contribution is 2.21. The molecule has 1 aromatic carbocycles. The van der Waals surface area contributed by atoms with Gasteiger partial charge in [-0.15, -0.1) is 0 Å². The van der Waals surface area contributed by atoms with Crippen molar-refractivity contribution in [3.63, 3.8) is 0 Å². The predicted octanol–water partition coefficient (Wildman–Crippen LogP) is 2.15. The molecule has 1 aromatic heterocycles. The lowest BCUT2D eigenvalue weighted by atomic mass is 10.3. The Morgan fingerprint density at radius 1 is 1.44 bits per heavy atom. The number of hydrazine groups is 1. The van der Waals surface area contributed by atoms with E-state index in [4.69, 9.17) is 10.6 Å². The number of anilines is 1. The van der Waals surface area contributed by atoms with E-state index in [0.29, 0.717) is 5.13 Å². The molecule has 2 rings (SSSR count). The van der Waals surface area contributed by atoms with Crippen LogP contribution < -0.4 is 16.0 Å². The van der Waals surface area contributed by atoms with Crippen molar-refractivity contribution in [3.05, 3.63) is 41.2 Å². The van der Waals surface area contributed by atoms with Gasteiger partial charge in [0, 0.05) is 6.20 Å². The Bertz CT molecular complexity index is 475. The van der Waals surface area contributed by atoms with Gasteiger partial charge in [0.1, 0.15) is 6.61 Å². The Morgan fingerprint density at radius 2 is 2.25 bits per heavy atom. The van der Waals surface area contributed by atoms with Crippen LogP contribution in [0.2, 0.25) is 0 Å². The van der Waals surface area contributed by atoms with Gasteiger partial charge in [-0.25, -0.2) is 15.2 Å². The highest BCUT2D eigenvalue weighted by Gasteiger charge is 2.04. The molecule has 0 spiro atoms. The third kappa shape index (κ3) is 2.47. The summed E-state index contributed by atoms with van der Waals surface area (Å²) in [6.07, 6.45) is 1.64. The maximum absolute atomic E-state index is 13.2. The Hall–Kier alpha value is -1.66. The Labute approximate surface area is 95.9 Å².